The number of carbonyl (C=O) groups excluding carboxylic acids is 1. The van der Waals surface area contributed by atoms with Crippen molar-refractivity contribution in [2.75, 3.05) is 0 Å². The Hall–Kier alpha value is -1.74. The van der Waals surface area contributed by atoms with Crippen molar-refractivity contribution in [2.24, 2.45) is 16.6 Å². The lowest BCUT2D eigenvalue weighted by Crippen LogP contribution is -2.48. The van der Waals surface area contributed by atoms with Crippen molar-refractivity contribution < 1.29 is 4.79 Å². The average Bonchev–Trinajstić information content (AvgIpc) is 2.94. The molecule has 3 heteroatoms. The van der Waals surface area contributed by atoms with Gasteiger partial charge in [-0.2, -0.15) is 0 Å². The van der Waals surface area contributed by atoms with E-state index < -0.39 is 11.6 Å². The first-order valence-electron chi connectivity index (χ1n) is 7.12. The van der Waals surface area contributed by atoms with E-state index in [4.69, 9.17) is 5.73 Å². The molecule has 1 aromatic carbocycles. The molecule has 2 N–H and O–H groups in total. The van der Waals surface area contributed by atoms with Crippen molar-refractivity contribution in [3.05, 3.63) is 48.0 Å². The fraction of sp³-hybridized carbons (Fsp3) is 0.412. The molecule has 0 radical (unpaired) electrons. The maximum Gasteiger partial charge on any atom is 0.181 e. The van der Waals surface area contributed by atoms with E-state index in [1.165, 1.54) is 5.56 Å². The molecule has 0 saturated heterocycles. The smallest absolute Gasteiger partial charge is 0.181 e. The normalized spacial score (nSPS) is 22.4. The highest BCUT2D eigenvalue weighted by Crippen LogP contribution is 2.27. The minimum atomic E-state index is -0.764. The van der Waals surface area contributed by atoms with Crippen LogP contribution in [0.5, 0.6) is 0 Å². The lowest BCUT2D eigenvalue weighted by molar-refractivity contribution is -0.124. The van der Waals surface area contributed by atoms with Gasteiger partial charge in [-0.1, -0.05) is 44.2 Å². The number of aryl methyl sites for hydroxylation is 1. The highest BCUT2D eigenvalue weighted by molar-refractivity contribution is 5.99. The average molecular weight is 270 g/mol. The first kappa shape index (κ1) is 14.7. The van der Waals surface area contributed by atoms with Gasteiger partial charge in [0.2, 0.25) is 0 Å². The molecule has 2 rings (SSSR count). The van der Waals surface area contributed by atoms with E-state index in [0.29, 0.717) is 6.42 Å². The van der Waals surface area contributed by atoms with Crippen molar-refractivity contribution in [3.8, 4) is 0 Å². The molecule has 20 heavy (non-hydrogen) atoms. The van der Waals surface area contributed by atoms with E-state index >= 15 is 0 Å². The molecule has 2 unspecified atom stereocenters. The third-order valence-corrected chi connectivity index (χ3v) is 3.85. The van der Waals surface area contributed by atoms with Gasteiger partial charge in [0.15, 0.2) is 5.78 Å². The minimum Gasteiger partial charge on any atom is -0.321 e. The number of ketones is 1. The number of hydrogen-bond donors (Lipinski definition) is 1. The SMILES string of the molecule is CC(C)C(N)C(=O)C1(CCc2ccccc2)C=CC=N1. The number of aliphatic imine (C=N–C) groups is 1. The molecule has 0 bridgehead atoms. The summed E-state index contributed by atoms with van der Waals surface area (Å²) in [6.07, 6.45) is 6.93. The first-order chi connectivity index (χ1) is 9.55. The Morgan fingerprint density at radius 3 is 2.55 bits per heavy atom. The lowest BCUT2D eigenvalue weighted by atomic mass is 9.82. The molecule has 0 saturated carbocycles. The quantitative estimate of drug-likeness (QED) is 0.863. The van der Waals surface area contributed by atoms with Crippen LogP contribution in [0.1, 0.15) is 25.8 Å². The topological polar surface area (TPSA) is 55.5 Å². The van der Waals surface area contributed by atoms with Gasteiger partial charge >= 0.3 is 0 Å². The molecule has 0 amide bonds. The fourth-order valence-electron chi connectivity index (χ4n) is 2.41. The van der Waals surface area contributed by atoms with Crippen molar-refractivity contribution in [1.29, 1.82) is 0 Å². The standard InChI is InChI=1S/C17H22N2O/c1-13(2)15(18)16(20)17(10-6-12-19-17)11-9-14-7-4-3-5-8-14/h3-8,10,12-13,15H,9,11,18H2,1-2H3. The van der Waals surface area contributed by atoms with Crippen LogP contribution in [-0.4, -0.2) is 23.6 Å². The maximum absolute atomic E-state index is 12.6. The summed E-state index contributed by atoms with van der Waals surface area (Å²) in [5, 5.41) is 0. The first-order valence-corrected chi connectivity index (χ1v) is 7.12. The molecule has 3 nitrogen and oxygen atoms in total. The zero-order valence-electron chi connectivity index (χ0n) is 12.1. The Bertz CT molecular complexity index is 505. The predicted octanol–water partition coefficient (Wildman–Crippen LogP) is 2.55. The van der Waals surface area contributed by atoms with Crippen LogP contribution in [0.2, 0.25) is 0 Å². The second-order valence-electron chi connectivity index (χ2n) is 5.68. The van der Waals surface area contributed by atoms with Crippen LogP contribution in [0.3, 0.4) is 0 Å². The summed E-state index contributed by atoms with van der Waals surface area (Å²) in [6, 6.07) is 9.69. The van der Waals surface area contributed by atoms with E-state index in [0.717, 1.165) is 6.42 Å². The second kappa shape index (κ2) is 6.14. The van der Waals surface area contributed by atoms with Crippen LogP contribution in [0.15, 0.2) is 47.5 Å². The van der Waals surface area contributed by atoms with Crippen LogP contribution in [0.25, 0.3) is 0 Å². The molecule has 106 valence electrons. The van der Waals surface area contributed by atoms with Gasteiger partial charge in [-0.15, -0.1) is 0 Å². The summed E-state index contributed by atoms with van der Waals surface area (Å²) in [5.41, 5.74) is 6.49. The van der Waals surface area contributed by atoms with Gasteiger partial charge in [0, 0.05) is 6.21 Å². The van der Waals surface area contributed by atoms with Crippen LogP contribution in [0, 0.1) is 5.92 Å². The summed E-state index contributed by atoms with van der Waals surface area (Å²) < 4.78 is 0. The molecule has 2 atom stereocenters. The summed E-state index contributed by atoms with van der Waals surface area (Å²) in [5.74, 6) is 0.147. The molecule has 1 aliphatic heterocycles. The van der Waals surface area contributed by atoms with Crippen molar-refractivity contribution in [2.45, 2.75) is 38.3 Å². The van der Waals surface area contributed by atoms with Crippen LogP contribution in [0.4, 0.5) is 0 Å². The number of allylic oxidation sites excluding steroid dienone is 1. The lowest BCUT2D eigenvalue weighted by Gasteiger charge is -2.27. The van der Waals surface area contributed by atoms with E-state index in [-0.39, 0.29) is 11.7 Å². The summed E-state index contributed by atoms with van der Waals surface area (Å²) in [6.45, 7) is 3.94. The Kier molecular flexibility index (Phi) is 4.50. The van der Waals surface area contributed by atoms with E-state index in [1.54, 1.807) is 6.21 Å². The van der Waals surface area contributed by atoms with Crippen molar-refractivity contribution in [1.82, 2.24) is 0 Å². The highest BCUT2D eigenvalue weighted by atomic mass is 16.1. The minimum absolute atomic E-state index is 0.0217. The zero-order valence-corrected chi connectivity index (χ0v) is 12.1. The van der Waals surface area contributed by atoms with Crippen LogP contribution in [-0.2, 0) is 11.2 Å². The predicted molar refractivity (Wildman–Crippen MR) is 82.9 cm³/mol. The monoisotopic (exact) mass is 270 g/mol. The molecular formula is C17H22N2O. The Morgan fingerprint density at radius 1 is 1.30 bits per heavy atom. The largest absolute Gasteiger partial charge is 0.321 e. The van der Waals surface area contributed by atoms with Gasteiger partial charge in [-0.3, -0.25) is 9.79 Å². The third-order valence-electron chi connectivity index (χ3n) is 3.85. The number of rotatable bonds is 6. The molecule has 0 spiro atoms. The molecular weight excluding hydrogens is 248 g/mol. The van der Waals surface area contributed by atoms with Gasteiger partial charge in [0.1, 0.15) is 5.54 Å². The maximum atomic E-state index is 12.6. The number of Topliss-reactive ketones (excluding diaryl/α,β-unsaturated/α-hetero) is 1. The zero-order chi connectivity index (χ0) is 14.6. The van der Waals surface area contributed by atoms with Crippen molar-refractivity contribution >= 4 is 12.0 Å². The van der Waals surface area contributed by atoms with Gasteiger partial charge in [0.05, 0.1) is 6.04 Å². The van der Waals surface area contributed by atoms with Crippen LogP contribution < -0.4 is 5.73 Å². The van der Waals surface area contributed by atoms with Crippen LogP contribution >= 0.6 is 0 Å². The van der Waals surface area contributed by atoms with E-state index in [2.05, 4.69) is 17.1 Å². The molecule has 0 fully saturated rings. The third kappa shape index (κ3) is 3.05. The van der Waals surface area contributed by atoms with Gasteiger partial charge < -0.3 is 5.73 Å². The summed E-state index contributed by atoms with van der Waals surface area (Å²) in [7, 11) is 0. The molecule has 1 aliphatic rings. The van der Waals surface area contributed by atoms with Gasteiger partial charge in [-0.25, -0.2) is 0 Å². The van der Waals surface area contributed by atoms with Gasteiger partial charge in [0.25, 0.3) is 0 Å². The van der Waals surface area contributed by atoms with Crippen molar-refractivity contribution in [3.63, 3.8) is 0 Å². The Morgan fingerprint density at radius 2 is 2.00 bits per heavy atom. The number of nitrogens with zero attached hydrogens (tertiary/aromatic N) is 1. The number of hydrogen-bond acceptors (Lipinski definition) is 3. The molecule has 0 aromatic heterocycles. The molecule has 0 aliphatic carbocycles. The number of carbonyl (C=O) groups is 1. The number of benzene rings is 1. The summed E-state index contributed by atoms with van der Waals surface area (Å²) >= 11 is 0. The van der Waals surface area contributed by atoms with Gasteiger partial charge in [-0.05, 0) is 36.5 Å². The molecule has 1 aromatic rings. The Labute approximate surface area is 120 Å². The van der Waals surface area contributed by atoms with E-state index in [1.807, 2.05) is 44.2 Å². The summed E-state index contributed by atoms with van der Waals surface area (Å²) in [4.78, 5) is 17.1. The second-order valence-corrected chi connectivity index (χ2v) is 5.68. The molecule has 1 heterocycles. The Balaban J connectivity index is 2.13. The fourth-order valence-corrected chi connectivity index (χ4v) is 2.41. The van der Waals surface area contributed by atoms with E-state index in [9.17, 15) is 4.79 Å². The highest BCUT2D eigenvalue weighted by Gasteiger charge is 2.39. The number of nitrogens with two attached hydrogens (primary N) is 1.